The van der Waals surface area contributed by atoms with Gasteiger partial charge in [0.25, 0.3) is 0 Å². The fourth-order valence-corrected chi connectivity index (χ4v) is 4.82. The molecule has 1 aromatic heterocycles. The number of pyridine rings is 1. The molecule has 0 N–H and O–H groups in total. The molecule has 1 unspecified atom stereocenters. The van der Waals surface area contributed by atoms with E-state index >= 15 is 0 Å². The average molecular weight is 384 g/mol. The molecule has 2 rings (SSSR count). The van der Waals surface area contributed by atoms with Crippen molar-refractivity contribution in [1.29, 1.82) is 0 Å². The largest absolute Gasteiger partial charge is 0.250 e. The highest BCUT2D eigenvalue weighted by molar-refractivity contribution is 7.99. The topological polar surface area (TPSA) is 12.9 Å². The lowest BCUT2D eigenvalue weighted by atomic mass is 9.98. The minimum Gasteiger partial charge on any atom is -0.250 e. The summed E-state index contributed by atoms with van der Waals surface area (Å²) in [4.78, 5) is 4.55. The molecule has 0 amide bonds. The van der Waals surface area contributed by atoms with Gasteiger partial charge in [-0.25, -0.2) is 4.98 Å². The molecule has 27 heavy (non-hydrogen) atoms. The van der Waals surface area contributed by atoms with Crippen LogP contribution in [-0.4, -0.2) is 4.98 Å². The number of rotatable bonds is 13. The van der Waals surface area contributed by atoms with Crippen molar-refractivity contribution in [2.45, 2.75) is 95.3 Å². The molecular formula is C25H37NS. The Morgan fingerprint density at radius 2 is 1.56 bits per heavy atom. The molecule has 0 aliphatic heterocycles. The second-order valence-corrected chi connectivity index (χ2v) is 8.97. The number of aryl methyl sites for hydroxylation is 2. The maximum absolute atomic E-state index is 4.55. The smallest absolute Gasteiger partial charge is 0.0965 e. The third-order valence-corrected chi connectivity index (χ3v) is 6.51. The number of nitrogens with zero attached hydrogens (tertiary/aromatic N) is 1. The van der Waals surface area contributed by atoms with E-state index in [1.165, 1.54) is 80.9 Å². The molecule has 1 nitrogen and oxygen atoms in total. The van der Waals surface area contributed by atoms with Crippen molar-refractivity contribution in [3.05, 3.63) is 59.3 Å². The molecule has 0 bridgehead atoms. The van der Waals surface area contributed by atoms with E-state index in [1.807, 2.05) is 24.0 Å². The number of hydrogen-bond donors (Lipinski definition) is 0. The Labute approximate surface area is 171 Å². The van der Waals surface area contributed by atoms with E-state index in [9.17, 15) is 0 Å². The minimum absolute atomic E-state index is 0.504. The van der Waals surface area contributed by atoms with E-state index in [0.29, 0.717) is 5.25 Å². The van der Waals surface area contributed by atoms with Crippen molar-refractivity contribution in [3.8, 4) is 0 Å². The summed E-state index contributed by atoms with van der Waals surface area (Å²) in [5.41, 5.74) is 4.25. The molecular weight excluding hydrogens is 346 g/mol. The van der Waals surface area contributed by atoms with Crippen LogP contribution in [0.4, 0.5) is 0 Å². The zero-order valence-corrected chi connectivity index (χ0v) is 18.4. The van der Waals surface area contributed by atoms with Crippen molar-refractivity contribution in [2.75, 3.05) is 0 Å². The summed E-state index contributed by atoms with van der Waals surface area (Å²) in [6.45, 7) is 6.73. The highest BCUT2D eigenvalue weighted by Gasteiger charge is 2.16. The number of thioether (sulfide) groups is 1. The molecule has 1 atom stereocenters. The van der Waals surface area contributed by atoms with Gasteiger partial charge in [0.2, 0.25) is 0 Å². The molecule has 1 heterocycles. The summed E-state index contributed by atoms with van der Waals surface area (Å²) in [5.74, 6) is 0. The van der Waals surface area contributed by atoms with Crippen molar-refractivity contribution in [1.82, 2.24) is 4.98 Å². The fourth-order valence-electron chi connectivity index (χ4n) is 3.59. The van der Waals surface area contributed by atoms with Gasteiger partial charge in [0.05, 0.1) is 5.03 Å². The zero-order valence-electron chi connectivity index (χ0n) is 17.5. The van der Waals surface area contributed by atoms with Crippen molar-refractivity contribution >= 4 is 11.8 Å². The van der Waals surface area contributed by atoms with Crippen LogP contribution in [0.1, 0.15) is 93.1 Å². The highest BCUT2D eigenvalue weighted by atomic mass is 32.2. The van der Waals surface area contributed by atoms with Crippen LogP contribution in [0.3, 0.4) is 0 Å². The molecule has 2 heteroatoms. The Morgan fingerprint density at radius 1 is 0.852 bits per heavy atom. The first-order chi connectivity index (χ1) is 13.2. The van der Waals surface area contributed by atoms with E-state index in [2.05, 4.69) is 56.1 Å². The first kappa shape index (κ1) is 22.0. The van der Waals surface area contributed by atoms with Gasteiger partial charge in [0.15, 0.2) is 0 Å². The SMILES string of the molecule is CCCCCCCCCCCC(Sc1ccccn1)c1cc(C)ccc1C. The summed E-state index contributed by atoms with van der Waals surface area (Å²) in [6, 6.07) is 13.1. The van der Waals surface area contributed by atoms with Crippen LogP contribution < -0.4 is 0 Å². The number of unbranched alkanes of at least 4 members (excludes halogenated alkanes) is 8. The van der Waals surface area contributed by atoms with E-state index in [4.69, 9.17) is 0 Å². The summed E-state index contributed by atoms with van der Waals surface area (Å²) in [6.07, 6.45) is 15.6. The molecule has 1 aromatic carbocycles. The van der Waals surface area contributed by atoms with Gasteiger partial charge < -0.3 is 0 Å². The van der Waals surface area contributed by atoms with Gasteiger partial charge in [-0.1, -0.05) is 106 Å². The van der Waals surface area contributed by atoms with Gasteiger partial charge in [0.1, 0.15) is 0 Å². The van der Waals surface area contributed by atoms with Gasteiger partial charge in [-0.15, -0.1) is 0 Å². The third-order valence-electron chi connectivity index (χ3n) is 5.25. The molecule has 0 aliphatic rings. The molecule has 0 saturated carbocycles. The fraction of sp³-hybridized carbons (Fsp3) is 0.560. The van der Waals surface area contributed by atoms with Crippen LogP contribution in [0.2, 0.25) is 0 Å². The summed E-state index contributed by atoms with van der Waals surface area (Å²) in [5, 5.41) is 1.64. The third kappa shape index (κ3) is 8.51. The molecule has 2 aromatic rings. The van der Waals surface area contributed by atoms with Gasteiger partial charge in [-0.05, 0) is 43.5 Å². The lowest BCUT2D eigenvalue weighted by Crippen LogP contribution is -1.99. The van der Waals surface area contributed by atoms with Crippen LogP contribution in [0.5, 0.6) is 0 Å². The molecule has 0 saturated heterocycles. The highest BCUT2D eigenvalue weighted by Crippen LogP contribution is 2.39. The first-order valence-electron chi connectivity index (χ1n) is 10.9. The number of aromatic nitrogens is 1. The lowest BCUT2D eigenvalue weighted by Gasteiger charge is -2.19. The maximum Gasteiger partial charge on any atom is 0.0965 e. The number of benzene rings is 1. The molecule has 0 spiro atoms. The molecule has 148 valence electrons. The normalized spacial score (nSPS) is 12.3. The quantitative estimate of drug-likeness (QED) is 0.254. The molecule has 0 radical (unpaired) electrons. The van der Waals surface area contributed by atoms with Crippen LogP contribution in [-0.2, 0) is 0 Å². The Kier molecular flexibility index (Phi) is 10.6. The number of hydrogen-bond acceptors (Lipinski definition) is 2. The molecule has 0 aliphatic carbocycles. The minimum atomic E-state index is 0.504. The average Bonchev–Trinajstić information content (AvgIpc) is 2.68. The lowest BCUT2D eigenvalue weighted by molar-refractivity contribution is 0.554. The zero-order chi connectivity index (χ0) is 19.3. The van der Waals surface area contributed by atoms with Crippen LogP contribution in [0, 0.1) is 13.8 Å². The Hall–Kier alpha value is -1.28. The summed E-state index contributed by atoms with van der Waals surface area (Å²) >= 11 is 1.93. The Morgan fingerprint density at radius 3 is 2.22 bits per heavy atom. The summed E-state index contributed by atoms with van der Waals surface area (Å²) < 4.78 is 0. The maximum atomic E-state index is 4.55. The standard InChI is InChI=1S/C25H37NS/c1-4-5-6-7-8-9-10-11-12-15-24(27-25-16-13-14-19-26-25)23-20-21(2)17-18-22(23)3/h13-14,16-20,24H,4-12,15H2,1-3H3. The van der Waals surface area contributed by atoms with Crippen LogP contribution in [0.25, 0.3) is 0 Å². The van der Waals surface area contributed by atoms with Crippen molar-refractivity contribution in [2.24, 2.45) is 0 Å². The van der Waals surface area contributed by atoms with Crippen molar-refractivity contribution in [3.63, 3.8) is 0 Å². The molecule has 0 fully saturated rings. The van der Waals surface area contributed by atoms with Crippen molar-refractivity contribution < 1.29 is 0 Å². The monoisotopic (exact) mass is 383 g/mol. The second-order valence-electron chi connectivity index (χ2n) is 7.75. The van der Waals surface area contributed by atoms with Gasteiger partial charge in [-0.3, -0.25) is 0 Å². The predicted molar refractivity (Wildman–Crippen MR) is 121 cm³/mol. The van der Waals surface area contributed by atoms with Gasteiger partial charge >= 0.3 is 0 Å². The first-order valence-corrected chi connectivity index (χ1v) is 11.7. The van der Waals surface area contributed by atoms with Gasteiger partial charge in [0, 0.05) is 11.4 Å². The Bertz CT molecular complexity index is 638. The van der Waals surface area contributed by atoms with Crippen LogP contribution >= 0.6 is 11.8 Å². The summed E-state index contributed by atoms with van der Waals surface area (Å²) in [7, 11) is 0. The van der Waals surface area contributed by atoms with Crippen LogP contribution in [0.15, 0.2) is 47.6 Å². The van der Waals surface area contributed by atoms with E-state index in [0.717, 1.165) is 5.03 Å². The van der Waals surface area contributed by atoms with E-state index < -0.39 is 0 Å². The predicted octanol–water partition coefficient (Wildman–Crippen LogP) is 8.45. The Balaban J connectivity index is 1.85. The second kappa shape index (κ2) is 13.0. The van der Waals surface area contributed by atoms with E-state index in [1.54, 1.807) is 0 Å². The van der Waals surface area contributed by atoms with Gasteiger partial charge in [-0.2, -0.15) is 0 Å². The van der Waals surface area contributed by atoms with E-state index in [-0.39, 0.29) is 0 Å².